The van der Waals surface area contributed by atoms with Crippen molar-refractivity contribution in [3.05, 3.63) is 27.9 Å². The van der Waals surface area contributed by atoms with Crippen LogP contribution in [-0.2, 0) is 4.74 Å². The number of pyridine rings is 1. The van der Waals surface area contributed by atoms with Crippen molar-refractivity contribution >= 4 is 11.5 Å². The van der Waals surface area contributed by atoms with Gasteiger partial charge < -0.3 is 14.7 Å². The summed E-state index contributed by atoms with van der Waals surface area (Å²) in [7, 11) is 0. The number of fused-ring (bicyclic) bond motifs is 1. The van der Waals surface area contributed by atoms with E-state index >= 15 is 0 Å². The van der Waals surface area contributed by atoms with Crippen LogP contribution in [-0.4, -0.2) is 71.5 Å². The van der Waals surface area contributed by atoms with Gasteiger partial charge in [-0.1, -0.05) is 0 Å². The van der Waals surface area contributed by atoms with Crippen LogP contribution in [0, 0.1) is 17.0 Å². The van der Waals surface area contributed by atoms with Crippen molar-refractivity contribution in [2.24, 2.45) is 0 Å². The highest BCUT2D eigenvalue weighted by atomic mass is 16.6. The highest BCUT2D eigenvalue weighted by molar-refractivity contribution is 5.47. The summed E-state index contributed by atoms with van der Waals surface area (Å²) in [6.45, 7) is 5.88. The van der Waals surface area contributed by atoms with Gasteiger partial charge in [-0.25, -0.2) is 4.98 Å². The predicted molar refractivity (Wildman–Crippen MR) is 80.1 cm³/mol. The van der Waals surface area contributed by atoms with Gasteiger partial charge in [0.2, 0.25) is 0 Å². The molecule has 2 fully saturated rings. The quantitative estimate of drug-likeness (QED) is 0.629. The molecule has 22 heavy (non-hydrogen) atoms. The summed E-state index contributed by atoms with van der Waals surface area (Å²) in [6.07, 6.45) is 0. The maximum Gasteiger partial charge on any atom is 0.290 e. The Hall–Kier alpha value is -1.77. The van der Waals surface area contributed by atoms with Crippen LogP contribution in [0.3, 0.4) is 0 Å². The lowest BCUT2D eigenvalue weighted by Gasteiger charge is -2.52. The molecule has 1 aromatic rings. The molecule has 1 N–H and O–H groups in total. The van der Waals surface area contributed by atoms with Crippen LogP contribution in [0.25, 0.3) is 0 Å². The molecule has 2 aliphatic rings. The van der Waals surface area contributed by atoms with Crippen molar-refractivity contribution < 1.29 is 14.8 Å². The van der Waals surface area contributed by atoms with Crippen LogP contribution in [0.4, 0.5) is 11.5 Å². The Balaban J connectivity index is 1.84. The van der Waals surface area contributed by atoms with E-state index in [1.807, 2.05) is 0 Å². The topological polar surface area (TPSA) is 92.0 Å². The number of aliphatic hydroxyl groups is 1. The van der Waals surface area contributed by atoms with Crippen LogP contribution < -0.4 is 4.90 Å². The molecule has 1 aromatic heterocycles. The van der Waals surface area contributed by atoms with Gasteiger partial charge in [0.05, 0.1) is 30.3 Å². The molecule has 3 heterocycles. The summed E-state index contributed by atoms with van der Waals surface area (Å²) in [6, 6.07) is 3.17. The Bertz CT molecular complexity index is 582. The second-order valence-corrected chi connectivity index (χ2v) is 5.87. The number of rotatable bonds is 3. The Morgan fingerprint density at radius 3 is 2.95 bits per heavy atom. The summed E-state index contributed by atoms with van der Waals surface area (Å²) in [4.78, 5) is 19.2. The summed E-state index contributed by atoms with van der Waals surface area (Å²) in [5.74, 6) is 0.709. The predicted octanol–water partition coefficient (Wildman–Crippen LogP) is 0.182. The fourth-order valence-electron chi connectivity index (χ4n) is 3.24. The number of nitrogens with zero attached hydrogens (tertiary/aromatic N) is 4. The number of ether oxygens (including phenoxy) is 1. The summed E-state index contributed by atoms with van der Waals surface area (Å²) in [5, 5.41) is 20.7. The summed E-state index contributed by atoms with van der Waals surface area (Å²) >= 11 is 0. The van der Waals surface area contributed by atoms with Gasteiger partial charge in [0.25, 0.3) is 5.69 Å². The van der Waals surface area contributed by atoms with Crippen molar-refractivity contribution in [3.8, 4) is 0 Å². The normalized spacial score (nSPS) is 25.8. The molecule has 0 saturated carbocycles. The van der Waals surface area contributed by atoms with Crippen molar-refractivity contribution in [3.63, 3.8) is 0 Å². The van der Waals surface area contributed by atoms with Crippen molar-refractivity contribution in [2.75, 3.05) is 50.9 Å². The summed E-state index contributed by atoms with van der Waals surface area (Å²) in [5.41, 5.74) is 0.0246. The number of hydrogen-bond donors (Lipinski definition) is 1. The van der Waals surface area contributed by atoms with Gasteiger partial charge in [-0.2, -0.15) is 0 Å². The number of hydrogen-bond acceptors (Lipinski definition) is 7. The number of aryl methyl sites for hydroxylation is 1. The van der Waals surface area contributed by atoms with E-state index in [1.165, 1.54) is 6.07 Å². The lowest BCUT2D eigenvalue weighted by atomic mass is 9.94. The van der Waals surface area contributed by atoms with E-state index in [0.717, 1.165) is 19.6 Å². The van der Waals surface area contributed by atoms with Gasteiger partial charge in [0.1, 0.15) is 11.5 Å². The fraction of sp³-hybridized carbons (Fsp3) is 0.643. The molecule has 0 aliphatic carbocycles. The molecule has 3 rings (SSSR count). The van der Waals surface area contributed by atoms with E-state index in [4.69, 9.17) is 4.74 Å². The van der Waals surface area contributed by atoms with Gasteiger partial charge in [-0.3, -0.25) is 15.0 Å². The first-order chi connectivity index (χ1) is 10.6. The first kappa shape index (κ1) is 15.1. The molecular formula is C14H20N4O4. The lowest BCUT2D eigenvalue weighted by molar-refractivity contribution is -0.385. The molecule has 0 radical (unpaired) electrons. The molecule has 8 nitrogen and oxygen atoms in total. The Morgan fingerprint density at radius 1 is 1.45 bits per heavy atom. The highest BCUT2D eigenvalue weighted by Gasteiger charge is 2.44. The second kappa shape index (κ2) is 5.79. The monoisotopic (exact) mass is 308 g/mol. The molecule has 0 spiro atoms. The van der Waals surface area contributed by atoms with Gasteiger partial charge in [0, 0.05) is 32.2 Å². The van der Waals surface area contributed by atoms with E-state index < -0.39 is 10.5 Å². The number of aliphatic hydroxyl groups excluding tert-OH is 1. The van der Waals surface area contributed by atoms with E-state index in [9.17, 15) is 15.2 Å². The van der Waals surface area contributed by atoms with E-state index in [0.29, 0.717) is 31.3 Å². The smallest absolute Gasteiger partial charge is 0.290 e. The Labute approximate surface area is 128 Å². The van der Waals surface area contributed by atoms with E-state index in [1.54, 1.807) is 13.0 Å². The summed E-state index contributed by atoms with van der Waals surface area (Å²) < 4.78 is 5.55. The molecule has 1 unspecified atom stereocenters. The van der Waals surface area contributed by atoms with Gasteiger partial charge in [0.15, 0.2) is 0 Å². The number of nitro groups is 1. The van der Waals surface area contributed by atoms with Crippen LogP contribution in [0.1, 0.15) is 5.69 Å². The SMILES string of the molecule is Cc1nc(N2CCN3CCOCC3(CO)C2)ccc1[N+](=O)[O-]. The molecular weight excluding hydrogens is 288 g/mol. The zero-order chi connectivity index (χ0) is 15.7. The third-order valence-electron chi connectivity index (χ3n) is 4.53. The van der Waals surface area contributed by atoms with Crippen molar-refractivity contribution in [1.82, 2.24) is 9.88 Å². The van der Waals surface area contributed by atoms with Gasteiger partial charge in [-0.05, 0) is 13.0 Å². The number of aromatic nitrogens is 1. The molecule has 2 saturated heterocycles. The molecule has 0 bridgehead atoms. The van der Waals surface area contributed by atoms with Gasteiger partial charge >= 0.3 is 0 Å². The third-order valence-corrected chi connectivity index (χ3v) is 4.53. The minimum absolute atomic E-state index is 0.0233. The van der Waals surface area contributed by atoms with Crippen molar-refractivity contribution in [2.45, 2.75) is 12.5 Å². The Morgan fingerprint density at radius 2 is 2.27 bits per heavy atom. The average Bonchev–Trinajstić information content (AvgIpc) is 2.53. The molecule has 1 atom stereocenters. The second-order valence-electron chi connectivity index (χ2n) is 5.87. The molecule has 2 aliphatic heterocycles. The lowest BCUT2D eigenvalue weighted by Crippen LogP contribution is -2.69. The number of piperazine rings is 1. The maximum absolute atomic E-state index is 10.9. The fourth-order valence-corrected chi connectivity index (χ4v) is 3.24. The third kappa shape index (κ3) is 2.53. The van der Waals surface area contributed by atoms with E-state index in [2.05, 4.69) is 14.8 Å². The van der Waals surface area contributed by atoms with Crippen LogP contribution in [0.5, 0.6) is 0 Å². The molecule has 8 heteroatoms. The minimum atomic E-state index is -0.422. The molecule has 0 amide bonds. The zero-order valence-electron chi connectivity index (χ0n) is 12.6. The number of morpholine rings is 1. The maximum atomic E-state index is 10.9. The number of anilines is 1. The standard InChI is InChI=1S/C14H20N4O4/c1-11-12(18(20)21)2-3-13(15-11)16-4-5-17-6-7-22-10-14(17,8-16)9-19/h2-3,19H,4-10H2,1H3. The first-order valence-corrected chi connectivity index (χ1v) is 7.36. The van der Waals surface area contributed by atoms with E-state index in [-0.39, 0.29) is 12.3 Å². The van der Waals surface area contributed by atoms with Gasteiger partial charge in [-0.15, -0.1) is 0 Å². The van der Waals surface area contributed by atoms with Crippen LogP contribution >= 0.6 is 0 Å². The average molecular weight is 308 g/mol. The first-order valence-electron chi connectivity index (χ1n) is 7.36. The Kier molecular flexibility index (Phi) is 3.98. The molecule has 120 valence electrons. The largest absolute Gasteiger partial charge is 0.394 e. The van der Waals surface area contributed by atoms with Crippen LogP contribution in [0.2, 0.25) is 0 Å². The molecule has 0 aromatic carbocycles. The van der Waals surface area contributed by atoms with Crippen LogP contribution in [0.15, 0.2) is 12.1 Å². The minimum Gasteiger partial charge on any atom is -0.394 e. The van der Waals surface area contributed by atoms with Crippen molar-refractivity contribution in [1.29, 1.82) is 0 Å². The zero-order valence-corrected chi connectivity index (χ0v) is 12.6. The highest BCUT2D eigenvalue weighted by Crippen LogP contribution is 2.29.